The van der Waals surface area contributed by atoms with Gasteiger partial charge in [-0.25, -0.2) is 9.59 Å². The van der Waals surface area contributed by atoms with E-state index < -0.39 is 137 Å². The fourth-order valence-corrected chi connectivity index (χ4v) is 10.7. The van der Waals surface area contributed by atoms with Gasteiger partial charge in [0.2, 0.25) is 6.10 Å². The Balaban J connectivity index is 1.42. The molecule has 1 unspecified atom stereocenters. The van der Waals surface area contributed by atoms with Gasteiger partial charge in [-0.1, -0.05) is 80.6 Å². The first-order valence-electron chi connectivity index (χ1n) is 22.5. The summed E-state index contributed by atoms with van der Waals surface area (Å²) in [6, 6.07) is 22.1. The fraction of sp³-hybridized carbons (Fsp3) is 0.451. The number of carbonyl (C=O) groups is 8. The fourth-order valence-electron chi connectivity index (χ4n) is 10.7. The lowest BCUT2D eigenvalue weighted by Crippen LogP contribution is -2.82. The van der Waals surface area contributed by atoms with Crippen LogP contribution in [0.15, 0.2) is 102 Å². The standard InChI is InChI=1S/C51H55NO17/c1-27-33(66-47(62)41(67-37(58)23-22-36(56)57)39(30-16-10-7-11-17-30)52-45(60)31-18-12-8-13-19-31)25-51(63)44(68-46(61)32-20-14-9-15-21-32)42-49(6,34(55)24-35-50(42,26-64-35)69-29(3)54)43(59)40(65-28(2)53)38(27)48(51,4)5/h7-21,33-35,39-42,44,55,63H,22-26H2,1-6H3,(H,52,60)(H,56,57)/t33-,34-,35?,39-,40+,41+,42-,44-,49+,50-,51+/m0/s1. The maximum absolute atomic E-state index is 15.7. The number of fused-ring (bicyclic) bond motifs is 5. The molecule has 1 aliphatic heterocycles. The number of carbonyl (C=O) groups excluding carboxylic acids is 7. The van der Waals surface area contributed by atoms with Crippen molar-refractivity contribution in [1.82, 2.24) is 5.32 Å². The highest BCUT2D eigenvalue weighted by molar-refractivity contribution is 5.96. The summed E-state index contributed by atoms with van der Waals surface area (Å²) in [7, 11) is 0. The number of aliphatic hydroxyl groups excluding tert-OH is 1. The Morgan fingerprint density at radius 3 is 1.96 bits per heavy atom. The molecule has 0 aromatic heterocycles. The van der Waals surface area contributed by atoms with Crippen molar-refractivity contribution in [3.05, 3.63) is 119 Å². The van der Waals surface area contributed by atoms with E-state index in [4.69, 9.17) is 28.4 Å². The normalized spacial score (nSPS) is 29.7. The van der Waals surface area contributed by atoms with Gasteiger partial charge < -0.3 is 49.1 Å². The molecule has 69 heavy (non-hydrogen) atoms. The van der Waals surface area contributed by atoms with Crippen LogP contribution in [-0.2, 0) is 57.2 Å². The van der Waals surface area contributed by atoms with Gasteiger partial charge in [-0.3, -0.25) is 28.8 Å². The smallest absolute Gasteiger partial charge is 0.350 e. The largest absolute Gasteiger partial charge is 0.481 e. The minimum Gasteiger partial charge on any atom is -0.481 e. The monoisotopic (exact) mass is 953 g/mol. The van der Waals surface area contributed by atoms with Crippen LogP contribution in [0.5, 0.6) is 0 Å². The predicted octanol–water partition coefficient (Wildman–Crippen LogP) is 4.15. The zero-order valence-corrected chi connectivity index (χ0v) is 38.9. The van der Waals surface area contributed by atoms with Gasteiger partial charge in [0, 0.05) is 37.7 Å². The Kier molecular flexibility index (Phi) is 14.0. The van der Waals surface area contributed by atoms with Crippen LogP contribution in [-0.4, -0.2) is 117 Å². The van der Waals surface area contributed by atoms with Crippen molar-refractivity contribution >= 4 is 47.5 Å². The molecule has 2 saturated carbocycles. The van der Waals surface area contributed by atoms with Crippen LogP contribution in [0.2, 0.25) is 0 Å². The van der Waals surface area contributed by atoms with Gasteiger partial charge in [0.15, 0.2) is 17.5 Å². The highest BCUT2D eigenvalue weighted by Gasteiger charge is 2.78. The van der Waals surface area contributed by atoms with Crippen molar-refractivity contribution in [3.63, 3.8) is 0 Å². The molecule has 3 aromatic carbocycles. The van der Waals surface area contributed by atoms with Crippen molar-refractivity contribution < 1.29 is 82.1 Å². The van der Waals surface area contributed by atoms with E-state index in [2.05, 4.69) is 5.32 Å². The van der Waals surface area contributed by atoms with Crippen molar-refractivity contribution in [2.75, 3.05) is 6.61 Å². The van der Waals surface area contributed by atoms with Crippen molar-refractivity contribution in [1.29, 1.82) is 0 Å². The number of ketones is 1. The zero-order valence-electron chi connectivity index (χ0n) is 38.9. The summed E-state index contributed by atoms with van der Waals surface area (Å²) in [6.07, 6.45) is -12.5. The van der Waals surface area contributed by atoms with Crippen LogP contribution in [0.25, 0.3) is 0 Å². The SMILES string of the molecule is CC(=O)O[C@H]1C(=O)[C@]2(C)[C@@H](O)CC3OC[C@@]3(OC(C)=O)[C@H]2[C@H](OC(=O)c2ccccc2)[C@]2(O)C[C@H](OC(=O)[C@H](OC(=O)CCC(=O)O)[C@@H](NC(=O)c3ccccc3)c3ccccc3)C(C)=C1C2(C)C. The maximum Gasteiger partial charge on any atom is 0.350 e. The minimum atomic E-state index is -2.50. The first-order valence-corrected chi connectivity index (χ1v) is 22.5. The first-order chi connectivity index (χ1) is 32.6. The molecule has 1 saturated heterocycles. The van der Waals surface area contributed by atoms with Crippen LogP contribution < -0.4 is 5.32 Å². The van der Waals surface area contributed by atoms with Gasteiger partial charge in [-0.05, 0) is 54.8 Å². The maximum atomic E-state index is 15.7. The van der Waals surface area contributed by atoms with E-state index in [9.17, 15) is 44.1 Å². The van der Waals surface area contributed by atoms with Gasteiger partial charge in [0.05, 0.1) is 42.4 Å². The van der Waals surface area contributed by atoms with Crippen LogP contribution in [0, 0.1) is 16.7 Å². The van der Waals surface area contributed by atoms with Crippen LogP contribution >= 0.6 is 0 Å². The summed E-state index contributed by atoms with van der Waals surface area (Å²) in [5, 5.41) is 38.2. The molecule has 3 aromatic rings. The van der Waals surface area contributed by atoms with Gasteiger partial charge in [0.25, 0.3) is 5.91 Å². The summed E-state index contributed by atoms with van der Waals surface area (Å²) in [6.45, 7) is 7.68. The summed E-state index contributed by atoms with van der Waals surface area (Å²) in [5.41, 5.74) is -7.77. The molecule has 1 heterocycles. The molecule has 7 rings (SSSR count). The second kappa shape index (κ2) is 19.3. The number of hydrogen-bond acceptors (Lipinski definition) is 16. The van der Waals surface area contributed by atoms with Crippen molar-refractivity contribution in [2.45, 2.75) is 121 Å². The molecular weight excluding hydrogens is 899 g/mol. The lowest BCUT2D eigenvalue weighted by atomic mass is 9.44. The van der Waals surface area contributed by atoms with Gasteiger partial charge in [-0.2, -0.15) is 0 Å². The Morgan fingerprint density at radius 1 is 0.812 bits per heavy atom. The van der Waals surface area contributed by atoms with Crippen LogP contribution in [0.3, 0.4) is 0 Å². The molecule has 18 heteroatoms. The average molecular weight is 954 g/mol. The number of benzene rings is 3. The number of rotatable bonds is 14. The Bertz CT molecular complexity index is 2550. The van der Waals surface area contributed by atoms with Crippen LogP contribution in [0.1, 0.15) is 99.5 Å². The van der Waals surface area contributed by atoms with Gasteiger partial charge in [-0.15, -0.1) is 0 Å². The van der Waals surface area contributed by atoms with Gasteiger partial charge in [0.1, 0.15) is 30.0 Å². The third-order valence-corrected chi connectivity index (χ3v) is 14.3. The van der Waals surface area contributed by atoms with E-state index in [0.717, 1.165) is 13.8 Å². The number of nitrogens with one attached hydrogen (secondary N) is 1. The molecule has 4 N–H and O–H groups in total. The van der Waals surface area contributed by atoms with E-state index in [1.165, 1.54) is 52.0 Å². The van der Waals surface area contributed by atoms with E-state index in [-0.39, 0.29) is 40.9 Å². The second-order valence-corrected chi connectivity index (χ2v) is 18.7. The number of aliphatic carboxylic acids is 1. The van der Waals surface area contributed by atoms with Gasteiger partial charge >= 0.3 is 35.8 Å². The minimum absolute atomic E-state index is 0.0221. The zero-order chi connectivity index (χ0) is 50.2. The Morgan fingerprint density at radius 2 is 1.41 bits per heavy atom. The summed E-state index contributed by atoms with van der Waals surface area (Å²) >= 11 is 0. The number of amides is 1. The number of aliphatic hydroxyl groups is 2. The summed E-state index contributed by atoms with van der Waals surface area (Å²) in [5.74, 6) is -9.78. The third-order valence-electron chi connectivity index (χ3n) is 14.3. The molecule has 0 spiro atoms. The Hall–Kier alpha value is -6.76. The van der Waals surface area contributed by atoms with E-state index in [0.29, 0.717) is 0 Å². The molecular formula is C51H55NO17. The molecule has 1 amide bonds. The molecule has 2 bridgehead atoms. The molecule has 18 nitrogen and oxygen atoms in total. The molecule has 3 aliphatic carbocycles. The highest BCUT2D eigenvalue weighted by Crippen LogP contribution is 2.64. The second-order valence-electron chi connectivity index (χ2n) is 18.7. The third kappa shape index (κ3) is 9.15. The predicted molar refractivity (Wildman–Crippen MR) is 238 cm³/mol. The molecule has 0 radical (unpaired) electrons. The number of carboxylic acids is 1. The number of Topliss-reactive ketones (excluding diaryl/α,β-unsaturated/α-hetero) is 1. The van der Waals surface area contributed by atoms with E-state index >= 15 is 9.59 Å². The molecule has 3 fully saturated rings. The van der Waals surface area contributed by atoms with Crippen molar-refractivity contribution in [2.24, 2.45) is 16.7 Å². The average Bonchev–Trinajstić information content (AvgIpc) is 3.30. The molecule has 4 aliphatic rings. The molecule has 11 atom stereocenters. The topological polar surface area (TPSA) is 265 Å². The summed E-state index contributed by atoms with van der Waals surface area (Å²) < 4.78 is 36.3. The summed E-state index contributed by atoms with van der Waals surface area (Å²) in [4.78, 5) is 110. The van der Waals surface area contributed by atoms with Crippen molar-refractivity contribution in [3.8, 4) is 0 Å². The van der Waals surface area contributed by atoms with E-state index in [1.54, 1.807) is 66.7 Å². The number of ether oxygens (including phenoxy) is 6. The van der Waals surface area contributed by atoms with E-state index in [1.807, 2.05) is 0 Å². The Labute approximate surface area is 397 Å². The molecule has 366 valence electrons. The number of carboxylic acid groups (broad SMARTS) is 1. The lowest BCUT2D eigenvalue weighted by molar-refractivity contribution is -0.346. The quantitative estimate of drug-likeness (QED) is 0.100. The first kappa shape index (κ1) is 50.1. The van der Waals surface area contributed by atoms with Crippen LogP contribution in [0.4, 0.5) is 0 Å². The lowest BCUT2D eigenvalue weighted by Gasteiger charge is -2.67. The number of hydrogen-bond donors (Lipinski definition) is 4. The number of esters is 5. The highest BCUT2D eigenvalue weighted by atomic mass is 16.6.